The van der Waals surface area contributed by atoms with Crippen LogP contribution in [0.1, 0.15) is 11.3 Å². The third kappa shape index (κ3) is 2.27. The summed E-state index contributed by atoms with van der Waals surface area (Å²) in [7, 11) is 3.01. The number of benzene rings is 1. The molecule has 4 heteroatoms. The summed E-state index contributed by atoms with van der Waals surface area (Å²) in [5.41, 5.74) is 2.50. The van der Waals surface area contributed by atoms with Crippen molar-refractivity contribution in [3.63, 3.8) is 0 Å². The molecule has 0 spiro atoms. The van der Waals surface area contributed by atoms with Crippen LogP contribution in [0.15, 0.2) is 24.3 Å². The number of rotatable bonds is 3. The summed E-state index contributed by atoms with van der Waals surface area (Å²) in [5, 5.41) is 0.907. The predicted molar refractivity (Wildman–Crippen MR) is 68.8 cm³/mol. The molecule has 0 fully saturated rings. The van der Waals surface area contributed by atoms with E-state index in [0.717, 1.165) is 27.9 Å². The van der Waals surface area contributed by atoms with Gasteiger partial charge in [-0.2, -0.15) is 0 Å². The number of hydrogen-bond acceptors (Lipinski definition) is 4. The van der Waals surface area contributed by atoms with Gasteiger partial charge in [-0.3, -0.25) is 9.78 Å². The molecule has 0 saturated carbocycles. The van der Waals surface area contributed by atoms with E-state index in [-0.39, 0.29) is 12.4 Å². The van der Waals surface area contributed by atoms with Crippen molar-refractivity contribution in [2.24, 2.45) is 0 Å². The van der Waals surface area contributed by atoms with Crippen LogP contribution in [0.3, 0.4) is 0 Å². The summed E-state index contributed by atoms with van der Waals surface area (Å²) < 4.78 is 10.0. The molecular weight excluding hydrogens is 230 g/mol. The van der Waals surface area contributed by atoms with Crippen molar-refractivity contribution >= 4 is 16.9 Å². The number of carbonyl (C=O) groups is 1. The zero-order valence-corrected chi connectivity index (χ0v) is 10.7. The monoisotopic (exact) mass is 245 g/mol. The first-order chi connectivity index (χ1) is 8.65. The number of fused-ring (bicyclic) bond motifs is 1. The molecule has 94 valence electrons. The number of carbonyl (C=O) groups excluding carboxylic acids is 1. The lowest BCUT2D eigenvalue weighted by molar-refractivity contribution is -0.139. The molecular formula is C14H15NO3. The highest BCUT2D eigenvalue weighted by atomic mass is 16.5. The van der Waals surface area contributed by atoms with Crippen LogP contribution in [-0.4, -0.2) is 25.2 Å². The molecule has 0 aliphatic rings. The Morgan fingerprint density at radius 1 is 1.33 bits per heavy atom. The predicted octanol–water partition coefficient (Wildman–Crippen LogP) is 2.27. The highest BCUT2D eigenvalue weighted by molar-refractivity contribution is 5.90. The lowest BCUT2D eigenvalue weighted by Gasteiger charge is -2.09. The van der Waals surface area contributed by atoms with E-state index in [1.165, 1.54) is 7.11 Å². The minimum absolute atomic E-state index is 0.216. The van der Waals surface area contributed by atoms with Crippen LogP contribution in [0.4, 0.5) is 0 Å². The molecule has 0 N–H and O–H groups in total. The molecule has 0 radical (unpaired) electrons. The van der Waals surface area contributed by atoms with E-state index < -0.39 is 0 Å². The van der Waals surface area contributed by atoms with Gasteiger partial charge in [0.05, 0.1) is 26.2 Å². The molecule has 0 bridgehead atoms. The van der Waals surface area contributed by atoms with E-state index in [1.54, 1.807) is 7.11 Å². The van der Waals surface area contributed by atoms with Crippen LogP contribution in [0.25, 0.3) is 10.9 Å². The normalized spacial score (nSPS) is 10.4. The van der Waals surface area contributed by atoms with Crippen molar-refractivity contribution < 1.29 is 14.3 Å². The highest BCUT2D eigenvalue weighted by Crippen LogP contribution is 2.27. The molecule has 2 rings (SSSR count). The van der Waals surface area contributed by atoms with Crippen LogP contribution in [-0.2, 0) is 16.0 Å². The van der Waals surface area contributed by atoms with Crippen LogP contribution < -0.4 is 4.74 Å². The van der Waals surface area contributed by atoms with Crippen LogP contribution in [0, 0.1) is 6.92 Å². The van der Waals surface area contributed by atoms with Gasteiger partial charge in [0.2, 0.25) is 0 Å². The second-order valence-corrected chi connectivity index (χ2v) is 4.03. The fourth-order valence-electron chi connectivity index (χ4n) is 1.94. The Hall–Kier alpha value is -2.10. The van der Waals surface area contributed by atoms with Gasteiger partial charge in [0.15, 0.2) is 0 Å². The zero-order valence-electron chi connectivity index (χ0n) is 10.7. The van der Waals surface area contributed by atoms with Gasteiger partial charge in [0.25, 0.3) is 0 Å². The quantitative estimate of drug-likeness (QED) is 0.778. The number of ether oxygens (including phenoxy) is 2. The second-order valence-electron chi connectivity index (χ2n) is 4.03. The van der Waals surface area contributed by atoms with Crippen molar-refractivity contribution in [2.75, 3.05) is 14.2 Å². The van der Waals surface area contributed by atoms with Crippen LogP contribution in [0.5, 0.6) is 5.75 Å². The van der Waals surface area contributed by atoms with Crippen molar-refractivity contribution in [1.82, 2.24) is 4.98 Å². The maximum Gasteiger partial charge on any atom is 0.310 e. The van der Waals surface area contributed by atoms with Crippen molar-refractivity contribution in [1.29, 1.82) is 0 Å². The van der Waals surface area contributed by atoms with Gasteiger partial charge in [-0.15, -0.1) is 0 Å². The number of pyridine rings is 1. The maximum atomic E-state index is 11.4. The molecule has 1 aromatic heterocycles. The minimum Gasteiger partial charge on any atom is -0.496 e. The topological polar surface area (TPSA) is 48.4 Å². The molecule has 18 heavy (non-hydrogen) atoms. The summed E-state index contributed by atoms with van der Waals surface area (Å²) in [4.78, 5) is 15.9. The first-order valence-electron chi connectivity index (χ1n) is 5.65. The van der Waals surface area contributed by atoms with Crippen LogP contribution >= 0.6 is 0 Å². The summed E-state index contributed by atoms with van der Waals surface area (Å²) in [6.45, 7) is 1.90. The molecule has 1 heterocycles. The Balaban J connectivity index is 2.61. The molecule has 0 atom stereocenters. The minimum atomic E-state index is -0.273. The average Bonchev–Trinajstić information content (AvgIpc) is 2.38. The molecule has 2 aromatic rings. The molecule has 0 amide bonds. The zero-order chi connectivity index (χ0) is 13.1. The molecule has 4 nitrogen and oxygen atoms in total. The fraction of sp³-hybridized carbons (Fsp3) is 0.286. The van der Waals surface area contributed by atoms with Gasteiger partial charge in [0, 0.05) is 17.1 Å². The number of esters is 1. The number of aryl methyl sites for hydroxylation is 1. The van der Waals surface area contributed by atoms with Gasteiger partial charge in [0.1, 0.15) is 5.75 Å². The molecule has 0 saturated heterocycles. The fourth-order valence-corrected chi connectivity index (χ4v) is 1.94. The first kappa shape index (κ1) is 12.4. The van der Waals surface area contributed by atoms with E-state index >= 15 is 0 Å². The Morgan fingerprint density at radius 3 is 2.78 bits per heavy atom. The van der Waals surface area contributed by atoms with Gasteiger partial charge >= 0.3 is 5.97 Å². The van der Waals surface area contributed by atoms with Gasteiger partial charge < -0.3 is 9.47 Å². The van der Waals surface area contributed by atoms with Gasteiger partial charge in [-0.25, -0.2) is 0 Å². The largest absolute Gasteiger partial charge is 0.496 e. The molecule has 1 aromatic carbocycles. The Kier molecular flexibility index (Phi) is 3.46. The number of para-hydroxylation sites is 1. The smallest absolute Gasteiger partial charge is 0.310 e. The lowest BCUT2D eigenvalue weighted by Crippen LogP contribution is -2.05. The Labute approximate surface area is 106 Å². The maximum absolute atomic E-state index is 11.4. The van der Waals surface area contributed by atoms with E-state index in [1.807, 2.05) is 31.2 Å². The number of hydrogen-bond donors (Lipinski definition) is 0. The summed E-state index contributed by atoms with van der Waals surface area (Å²) in [6, 6.07) is 7.58. The van der Waals surface area contributed by atoms with Crippen molar-refractivity contribution in [2.45, 2.75) is 13.3 Å². The average molecular weight is 245 g/mol. The Bertz CT molecular complexity index is 593. The summed E-state index contributed by atoms with van der Waals surface area (Å²) in [6.07, 6.45) is 0.216. The van der Waals surface area contributed by atoms with Crippen molar-refractivity contribution in [3.05, 3.63) is 35.5 Å². The lowest BCUT2D eigenvalue weighted by atomic mass is 10.1. The van der Waals surface area contributed by atoms with Crippen molar-refractivity contribution in [3.8, 4) is 5.75 Å². The SMILES string of the molecule is COC(=O)Cc1cccc2c(OC)cc(C)nc12. The van der Waals surface area contributed by atoms with E-state index in [2.05, 4.69) is 4.98 Å². The number of aromatic nitrogens is 1. The van der Waals surface area contributed by atoms with E-state index in [0.29, 0.717) is 0 Å². The number of nitrogens with zero attached hydrogens (tertiary/aromatic N) is 1. The first-order valence-corrected chi connectivity index (χ1v) is 5.65. The third-order valence-corrected chi connectivity index (χ3v) is 2.80. The Morgan fingerprint density at radius 2 is 2.11 bits per heavy atom. The number of methoxy groups -OCH3 is 2. The third-order valence-electron chi connectivity index (χ3n) is 2.80. The molecule has 0 unspecified atom stereocenters. The van der Waals surface area contributed by atoms with E-state index in [9.17, 15) is 4.79 Å². The standard InChI is InChI=1S/C14H15NO3/c1-9-7-12(17-2)11-6-4-5-10(14(11)15-9)8-13(16)18-3/h4-7H,8H2,1-3H3. The van der Waals surface area contributed by atoms with E-state index in [4.69, 9.17) is 9.47 Å². The highest BCUT2D eigenvalue weighted by Gasteiger charge is 2.11. The summed E-state index contributed by atoms with van der Waals surface area (Å²) >= 11 is 0. The van der Waals surface area contributed by atoms with Gasteiger partial charge in [-0.1, -0.05) is 12.1 Å². The van der Waals surface area contributed by atoms with Gasteiger partial charge in [-0.05, 0) is 18.6 Å². The second kappa shape index (κ2) is 5.04. The molecule has 0 aliphatic carbocycles. The van der Waals surface area contributed by atoms with Crippen LogP contribution in [0.2, 0.25) is 0 Å². The summed E-state index contributed by atoms with van der Waals surface area (Å²) in [5.74, 6) is 0.494. The molecule has 0 aliphatic heterocycles.